The maximum atomic E-state index is 5.20. The molecule has 0 saturated heterocycles. The molecule has 4 heteroatoms. The molecule has 0 aliphatic carbocycles. The fourth-order valence-electron chi connectivity index (χ4n) is 7.08. The normalized spacial score (nSPS) is 11.5. The van der Waals surface area contributed by atoms with Crippen LogP contribution in [0.15, 0.2) is 182 Å². The molecule has 10 aromatic rings. The van der Waals surface area contributed by atoms with Crippen LogP contribution in [0.25, 0.3) is 99.8 Å². The molecule has 8 aromatic carbocycles. The zero-order valence-corrected chi connectivity index (χ0v) is 28.1. The summed E-state index contributed by atoms with van der Waals surface area (Å²) in [4.78, 5) is 20.8. The monoisotopic (exact) mass is 662 g/mol. The van der Waals surface area contributed by atoms with Gasteiger partial charge in [-0.05, 0) is 79.5 Å². The number of aromatic nitrogens is 4. The van der Waals surface area contributed by atoms with E-state index < -0.39 is 0 Å². The Hall–Kier alpha value is -7.04. The minimum atomic E-state index is 0.471. The molecule has 0 aliphatic heterocycles. The molecule has 0 bridgehead atoms. The van der Waals surface area contributed by atoms with Gasteiger partial charge in [0.05, 0.1) is 22.8 Å². The molecule has 0 spiro atoms. The first-order valence-electron chi connectivity index (χ1n) is 17.5. The molecular formula is C48H30N4. The minimum Gasteiger partial charge on any atom is -0.225 e. The Labute approximate surface area is 300 Å². The van der Waals surface area contributed by atoms with Crippen LogP contribution in [0.5, 0.6) is 0 Å². The van der Waals surface area contributed by atoms with Gasteiger partial charge in [-0.1, -0.05) is 146 Å². The van der Waals surface area contributed by atoms with Gasteiger partial charge >= 0.3 is 0 Å². The van der Waals surface area contributed by atoms with Crippen molar-refractivity contribution in [2.45, 2.75) is 0 Å². The van der Waals surface area contributed by atoms with Crippen molar-refractivity contribution in [3.8, 4) is 56.7 Å². The SMILES string of the molecule is c1ccc2cc(-c3cc(-c4ccc5ccccc5c4)nc(-c4nc(-c5ccc6ccccc6c5)cc(-c5ccc6ccccc6c5)n4)n3)ccc2c1. The molecule has 0 amide bonds. The lowest BCUT2D eigenvalue weighted by Gasteiger charge is -2.13. The van der Waals surface area contributed by atoms with Crippen LogP contribution in [0, 0.1) is 0 Å². The van der Waals surface area contributed by atoms with Gasteiger partial charge < -0.3 is 0 Å². The number of rotatable bonds is 5. The Kier molecular flexibility index (Phi) is 7.10. The summed E-state index contributed by atoms with van der Waals surface area (Å²) in [6, 6.07) is 63.6. The molecule has 0 unspecified atom stereocenters. The highest BCUT2D eigenvalue weighted by atomic mass is 15.0. The Balaban J connectivity index is 1.21. The summed E-state index contributed by atoms with van der Waals surface area (Å²) in [5.74, 6) is 0.942. The van der Waals surface area contributed by atoms with Gasteiger partial charge in [0, 0.05) is 22.3 Å². The average Bonchev–Trinajstić information content (AvgIpc) is 3.22. The van der Waals surface area contributed by atoms with Gasteiger partial charge in [0.15, 0.2) is 11.6 Å². The highest BCUT2D eigenvalue weighted by Gasteiger charge is 2.17. The molecule has 0 N–H and O–H groups in total. The predicted molar refractivity (Wildman–Crippen MR) is 215 cm³/mol. The molecule has 0 atom stereocenters. The summed E-state index contributed by atoms with van der Waals surface area (Å²) in [6.07, 6.45) is 0. The highest BCUT2D eigenvalue weighted by molar-refractivity contribution is 5.91. The lowest BCUT2D eigenvalue weighted by molar-refractivity contribution is 1.09. The van der Waals surface area contributed by atoms with Crippen molar-refractivity contribution in [1.82, 2.24) is 19.9 Å². The Morgan fingerprint density at radius 2 is 0.442 bits per heavy atom. The van der Waals surface area contributed by atoms with Crippen LogP contribution in [-0.2, 0) is 0 Å². The predicted octanol–water partition coefficient (Wildman–Crippen LogP) is 12.2. The van der Waals surface area contributed by atoms with E-state index in [1.807, 2.05) is 0 Å². The van der Waals surface area contributed by atoms with Crippen molar-refractivity contribution < 1.29 is 0 Å². The van der Waals surface area contributed by atoms with Crippen LogP contribution in [-0.4, -0.2) is 19.9 Å². The molecule has 0 aliphatic rings. The smallest absolute Gasteiger partial charge is 0.198 e. The fraction of sp³-hybridized carbons (Fsp3) is 0. The van der Waals surface area contributed by atoms with E-state index in [2.05, 4.69) is 182 Å². The molecule has 2 heterocycles. The first-order valence-corrected chi connectivity index (χ1v) is 17.5. The first kappa shape index (κ1) is 29.8. The van der Waals surface area contributed by atoms with Gasteiger partial charge in [0.1, 0.15) is 0 Å². The van der Waals surface area contributed by atoms with Crippen LogP contribution < -0.4 is 0 Å². The van der Waals surface area contributed by atoms with Gasteiger partial charge in [0.25, 0.3) is 0 Å². The van der Waals surface area contributed by atoms with E-state index in [4.69, 9.17) is 19.9 Å². The van der Waals surface area contributed by atoms with E-state index in [1.54, 1.807) is 0 Å². The van der Waals surface area contributed by atoms with Crippen molar-refractivity contribution in [1.29, 1.82) is 0 Å². The quantitative estimate of drug-likeness (QED) is 0.184. The van der Waals surface area contributed by atoms with E-state index in [1.165, 1.54) is 21.5 Å². The van der Waals surface area contributed by atoms with E-state index in [0.717, 1.165) is 66.6 Å². The Morgan fingerprint density at radius 3 is 0.692 bits per heavy atom. The summed E-state index contributed by atoms with van der Waals surface area (Å²) >= 11 is 0. The summed E-state index contributed by atoms with van der Waals surface area (Å²) < 4.78 is 0. The standard InChI is InChI=1S/C48H30N4/c1-5-13-35-25-39(21-17-31(35)9-1)43-29-44(40-22-18-32-10-2-6-14-36(32)26-40)50-47(49-43)48-51-45(41-23-19-33-11-3-7-15-37(33)27-41)30-46(52-48)42-24-20-34-12-4-8-16-38(34)28-42/h1-30H. The largest absolute Gasteiger partial charge is 0.225 e. The third kappa shape index (κ3) is 5.53. The van der Waals surface area contributed by atoms with Crippen molar-refractivity contribution in [2.24, 2.45) is 0 Å². The number of benzene rings is 8. The topological polar surface area (TPSA) is 51.6 Å². The zero-order chi connectivity index (χ0) is 34.4. The number of hydrogen-bond acceptors (Lipinski definition) is 4. The van der Waals surface area contributed by atoms with E-state index in [9.17, 15) is 0 Å². The zero-order valence-electron chi connectivity index (χ0n) is 28.1. The van der Waals surface area contributed by atoms with Crippen LogP contribution in [0.1, 0.15) is 0 Å². The van der Waals surface area contributed by atoms with E-state index in [0.29, 0.717) is 11.6 Å². The van der Waals surface area contributed by atoms with Crippen molar-refractivity contribution in [2.75, 3.05) is 0 Å². The first-order chi connectivity index (χ1) is 25.7. The van der Waals surface area contributed by atoms with Crippen molar-refractivity contribution >= 4 is 43.1 Å². The van der Waals surface area contributed by atoms with Gasteiger partial charge in [-0.25, -0.2) is 19.9 Å². The molecule has 52 heavy (non-hydrogen) atoms. The van der Waals surface area contributed by atoms with Gasteiger partial charge in [-0.3, -0.25) is 0 Å². The molecule has 242 valence electrons. The molecule has 4 nitrogen and oxygen atoms in total. The van der Waals surface area contributed by atoms with E-state index >= 15 is 0 Å². The second kappa shape index (κ2) is 12.4. The lowest BCUT2D eigenvalue weighted by atomic mass is 10.0. The molecule has 2 aromatic heterocycles. The summed E-state index contributed by atoms with van der Waals surface area (Å²) in [5, 5.41) is 9.34. The summed E-state index contributed by atoms with van der Waals surface area (Å²) in [6.45, 7) is 0. The maximum absolute atomic E-state index is 5.20. The Morgan fingerprint density at radius 1 is 0.212 bits per heavy atom. The highest BCUT2D eigenvalue weighted by Crippen LogP contribution is 2.33. The number of nitrogens with zero attached hydrogens (tertiary/aromatic N) is 4. The van der Waals surface area contributed by atoms with Crippen LogP contribution in [0.2, 0.25) is 0 Å². The molecule has 0 fully saturated rings. The van der Waals surface area contributed by atoms with Gasteiger partial charge in [-0.2, -0.15) is 0 Å². The Bertz CT molecular complexity index is 2580. The molecule has 0 radical (unpaired) electrons. The average molecular weight is 663 g/mol. The number of hydrogen-bond donors (Lipinski definition) is 0. The van der Waals surface area contributed by atoms with Gasteiger partial charge in [-0.15, -0.1) is 0 Å². The second-order valence-corrected chi connectivity index (χ2v) is 13.2. The second-order valence-electron chi connectivity index (χ2n) is 13.2. The van der Waals surface area contributed by atoms with Crippen LogP contribution >= 0.6 is 0 Å². The summed E-state index contributed by atoms with van der Waals surface area (Å²) in [7, 11) is 0. The fourth-order valence-corrected chi connectivity index (χ4v) is 7.08. The molecular weight excluding hydrogens is 633 g/mol. The van der Waals surface area contributed by atoms with Crippen molar-refractivity contribution in [3.63, 3.8) is 0 Å². The van der Waals surface area contributed by atoms with Crippen LogP contribution in [0.4, 0.5) is 0 Å². The van der Waals surface area contributed by atoms with Crippen molar-refractivity contribution in [3.05, 3.63) is 182 Å². The minimum absolute atomic E-state index is 0.471. The third-order valence-electron chi connectivity index (χ3n) is 9.83. The lowest BCUT2D eigenvalue weighted by Crippen LogP contribution is -2.02. The third-order valence-corrected chi connectivity index (χ3v) is 9.83. The molecule has 10 rings (SSSR count). The number of fused-ring (bicyclic) bond motifs is 4. The molecule has 0 saturated carbocycles. The van der Waals surface area contributed by atoms with Crippen LogP contribution in [0.3, 0.4) is 0 Å². The summed E-state index contributed by atoms with van der Waals surface area (Å²) in [5.41, 5.74) is 7.26. The van der Waals surface area contributed by atoms with Gasteiger partial charge in [0.2, 0.25) is 0 Å². The maximum Gasteiger partial charge on any atom is 0.198 e. The van der Waals surface area contributed by atoms with E-state index in [-0.39, 0.29) is 0 Å².